The summed E-state index contributed by atoms with van der Waals surface area (Å²) in [5, 5.41) is 9.73. The lowest BCUT2D eigenvalue weighted by atomic mass is 10.1. The molecule has 0 spiro atoms. The fourth-order valence-corrected chi connectivity index (χ4v) is 3.04. The lowest BCUT2D eigenvalue weighted by Crippen LogP contribution is -1.97. The van der Waals surface area contributed by atoms with E-state index in [9.17, 15) is 9.90 Å². The van der Waals surface area contributed by atoms with Crippen LogP contribution in [0.1, 0.15) is 74.2 Å². The second-order valence-corrected chi connectivity index (χ2v) is 7.11. The molecule has 0 fully saturated rings. The normalized spacial score (nSPS) is 11.0. The minimum atomic E-state index is -0.215. The van der Waals surface area contributed by atoms with E-state index in [4.69, 9.17) is 4.74 Å². The Morgan fingerprint density at radius 2 is 1.54 bits per heavy atom. The number of carbonyl (C=O) groups is 1. The van der Waals surface area contributed by atoms with Crippen LogP contribution in [0, 0.1) is 0 Å². The molecule has 0 aliphatic rings. The fraction of sp³-hybridized carbons (Fsp3) is 0.400. The Bertz CT molecular complexity index is 732. The Labute approximate surface area is 169 Å². The van der Waals surface area contributed by atoms with Crippen molar-refractivity contribution in [3.8, 4) is 11.5 Å². The van der Waals surface area contributed by atoms with E-state index in [1.54, 1.807) is 24.3 Å². The number of phenols is 1. The van der Waals surface area contributed by atoms with Gasteiger partial charge in [0.1, 0.15) is 11.5 Å². The molecule has 0 saturated heterocycles. The summed E-state index contributed by atoms with van der Waals surface area (Å²) in [6, 6.07) is 14.3. The SMILES string of the molecule is CCCCCCCCCCOc1ccc(/C=C/C(=O)c2ccccc2O)cc1. The summed E-state index contributed by atoms with van der Waals surface area (Å²) in [5.74, 6) is 0.641. The summed E-state index contributed by atoms with van der Waals surface area (Å²) in [7, 11) is 0. The molecule has 1 N–H and O–H groups in total. The number of benzene rings is 2. The molecule has 3 nitrogen and oxygen atoms in total. The Balaban J connectivity index is 1.67. The molecule has 0 aromatic heterocycles. The van der Waals surface area contributed by atoms with Crippen molar-refractivity contribution in [1.29, 1.82) is 0 Å². The predicted octanol–water partition coefficient (Wildman–Crippen LogP) is 6.81. The number of hydrogen-bond donors (Lipinski definition) is 1. The van der Waals surface area contributed by atoms with Crippen molar-refractivity contribution >= 4 is 11.9 Å². The molecule has 0 aliphatic carbocycles. The summed E-state index contributed by atoms with van der Waals surface area (Å²) in [4.78, 5) is 12.1. The third-order valence-electron chi connectivity index (χ3n) is 4.74. The van der Waals surface area contributed by atoms with Crippen LogP contribution in [0.15, 0.2) is 54.6 Å². The number of ketones is 1. The summed E-state index contributed by atoms with van der Waals surface area (Å²) < 4.78 is 5.79. The molecule has 0 atom stereocenters. The number of aromatic hydroxyl groups is 1. The van der Waals surface area contributed by atoms with Crippen LogP contribution in [0.4, 0.5) is 0 Å². The Morgan fingerprint density at radius 1 is 0.893 bits per heavy atom. The third kappa shape index (κ3) is 7.99. The molecule has 3 heteroatoms. The Kier molecular flexibility index (Phi) is 9.92. The van der Waals surface area contributed by atoms with Crippen molar-refractivity contribution in [2.45, 2.75) is 58.3 Å². The number of unbranched alkanes of at least 4 members (excludes halogenated alkanes) is 7. The zero-order chi connectivity index (χ0) is 20.0. The summed E-state index contributed by atoms with van der Waals surface area (Å²) >= 11 is 0. The molecule has 0 amide bonds. The molecular weight excluding hydrogens is 348 g/mol. The van der Waals surface area contributed by atoms with E-state index in [0.717, 1.165) is 24.3 Å². The van der Waals surface area contributed by atoms with Crippen LogP contribution in [0.2, 0.25) is 0 Å². The van der Waals surface area contributed by atoms with E-state index in [1.807, 2.05) is 24.3 Å². The summed E-state index contributed by atoms with van der Waals surface area (Å²) in [5.41, 5.74) is 1.23. The topological polar surface area (TPSA) is 46.5 Å². The monoisotopic (exact) mass is 380 g/mol. The number of ether oxygens (including phenoxy) is 1. The Morgan fingerprint density at radius 3 is 2.21 bits per heavy atom. The maximum atomic E-state index is 12.1. The third-order valence-corrected chi connectivity index (χ3v) is 4.74. The molecule has 0 heterocycles. The first-order valence-electron chi connectivity index (χ1n) is 10.4. The van der Waals surface area contributed by atoms with E-state index in [0.29, 0.717) is 5.56 Å². The highest BCUT2D eigenvalue weighted by atomic mass is 16.5. The van der Waals surface area contributed by atoms with Crippen molar-refractivity contribution in [3.05, 3.63) is 65.7 Å². The van der Waals surface area contributed by atoms with Gasteiger partial charge in [-0.2, -0.15) is 0 Å². The smallest absolute Gasteiger partial charge is 0.189 e. The van der Waals surface area contributed by atoms with Gasteiger partial charge in [-0.1, -0.05) is 82.2 Å². The molecule has 2 aromatic carbocycles. The lowest BCUT2D eigenvalue weighted by molar-refractivity contribution is 0.104. The van der Waals surface area contributed by atoms with Crippen LogP contribution in [-0.4, -0.2) is 17.5 Å². The van der Waals surface area contributed by atoms with Crippen molar-refractivity contribution in [2.24, 2.45) is 0 Å². The second kappa shape index (κ2) is 12.8. The van der Waals surface area contributed by atoms with Crippen LogP contribution < -0.4 is 4.74 Å². The van der Waals surface area contributed by atoms with E-state index < -0.39 is 0 Å². The molecule has 2 rings (SSSR count). The van der Waals surface area contributed by atoms with Crippen molar-refractivity contribution < 1.29 is 14.6 Å². The minimum absolute atomic E-state index is 0.00172. The van der Waals surface area contributed by atoms with Gasteiger partial charge in [-0.25, -0.2) is 0 Å². The van der Waals surface area contributed by atoms with Gasteiger partial charge < -0.3 is 9.84 Å². The number of rotatable bonds is 13. The van der Waals surface area contributed by atoms with Gasteiger partial charge >= 0.3 is 0 Å². The number of phenolic OH excluding ortho intramolecular Hbond substituents is 1. The highest BCUT2D eigenvalue weighted by Crippen LogP contribution is 2.18. The van der Waals surface area contributed by atoms with Gasteiger partial charge in [0, 0.05) is 0 Å². The van der Waals surface area contributed by atoms with Gasteiger partial charge in [0.2, 0.25) is 0 Å². The average molecular weight is 381 g/mol. The van der Waals surface area contributed by atoms with E-state index in [2.05, 4.69) is 6.92 Å². The van der Waals surface area contributed by atoms with Crippen LogP contribution in [-0.2, 0) is 0 Å². The van der Waals surface area contributed by atoms with E-state index >= 15 is 0 Å². The van der Waals surface area contributed by atoms with Crippen molar-refractivity contribution in [3.63, 3.8) is 0 Å². The molecule has 28 heavy (non-hydrogen) atoms. The highest BCUT2D eigenvalue weighted by molar-refractivity contribution is 6.08. The number of carbonyl (C=O) groups excluding carboxylic acids is 1. The quantitative estimate of drug-likeness (QED) is 0.236. The standard InChI is InChI=1S/C25H32O3/c1-2-3-4-5-6-7-8-11-20-28-22-17-14-21(15-18-22)16-19-25(27)23-12-9-10-13-24(23)26/h9-10,12-19,26H,2-8,11,20H2,1H3/b19-16+. The van der Waals surface area contributed by atoms with Crippen molar-refractivity contribution in [2.75, 3.05) is 6.61 Å². The van der Waals surface area contributed by atoms with Gasteiger partial charge in [0.05, 0.1) is 12.2 Å². The number of hydrogen-bond acceptors (Lipinski definition) is 3. The van der Waals surface area contributed by atoms with Gasteiger partial charge in [0.15, 0.2) is 5.78 Å². The molecule has 0 aliphatic heterocycles. The number of allylic oxidation sites excluding steroid dienone is 1. The maximum absolute atomic E-state index is 12.1. The zero-order valence-electron chi connectivity index (χ0n) is 16.9. The molecule has 0 unspecified atom stereocenters. The van der Waals surface area contributed by atoms with Crippen LogP contribution in [0.5, 0.6) is 11.5 Å². The molecule has 2 aromatic rings. The van der Waals surface area contributed by atoms with E-state index in [1.165, 1.54) is 57.1 Å². The van der Waals surface area contributed by atoms with E-state index in [-0.39, 0.29) is 11.5 Å². The molecule has 0 saturated carbocycles. The van der Waals surface area contributed by atoms with Gasteiger partial charge in [0.25, 0.3) is 0 Å². The highest BCUT2D eigenvalue weighted by Gasteiger charge is 2.06. The summed E-state index contributed by atoms with van der Waals surface area (Å²) in [6.45, 7) is 2.99. The van der Waals surface area contributed by atoms with Crippen LogP contribution in [0.25, 0.3) is 6.08 Å². The average Bonchev–Trinajstić information content (AvgIpc) is 2.72. The largest absolute Gasteiger partial charge is 0.507 e. The molecule has 150 valence electrons. The second-order valence-electron chi connectivity index (χ2n) is 7.11. The zero-order valence-corrected chi connectivity index (χ0v) is 16.9. The fourth-order valence-electron chi connectivity index (χ4n) is 3.04. The number of para-hydroxylation sites is 1. The van der Waals surface area contributed by atoms with Crippen molar-refractivity contribution in [1.82, 2.24) is 0 Å². The minimum Gasteiger partial charge on any atom is -0.507 e. The first-order chi connectivity index (χ1) is 13.7. The first-order valence-corrected chi connectivity index (χ1v) is 10.4. The van der Waals surface area contributed by atoms with Gasteiger partial charge in [-0.15, -0.1) is 0 Å². The Hall–Kier alpha value is -2.55. The summed E-state index contributed by atoms with van der Waals surface area (Å²) in [6.07, 6.45) is 13.5. The first kappa shape index (κ1) is 21.7. The maximum Gasteiger partial charge on any atom is 0.189 e. The van der Waals surface area contributed by atoms with Gasteiger partial charge in [-0.3, -0.25) is 4.79 Å². The molecule has 0 radical (unpaired) electrons. The van der Waals surface area contributed by atoms with Crippen LogP contribution in [0.3, 0.4) is 0 Å². The van der Waals surface area contributed by atoms with Gasteiger partial charge in [-0.05, 0) is 42.3 Å². The van der Waals surface area contributed by atoms with Crippen LogP contribution >= 0.6 is 0 Å². The predicted molar refractivity (Wildman–Crippen MR) is 116 cm³/mol. The lowest BCUT2D eigenvalue weighted by Gasteiger charge is -2.06. The molecule has 0 bridgehead atoms. The molecular formula is C25H32O3.